The summed E-state index contributed by atoms with van der Waals surface area (Å²) >= 11 is 0. The van der Waals surface area contributed by atoms with Crippen molar-refractivity contribution < 1.29 is 23.1 Å². The number of carbonyl (C=O) groups excluding carboxylic acids is 2. The molecule has 0 saturated heterocycles. The predicted octanol–water partition coefficient (Wildman–Crippen LogP) is 2.41. The second-order valence-corrected chi connectivity index (χ2v) is 6.34. The third kappa shape index (κ3) is 4.37. The van der Waals surface area contributed by atoms with Crippen molar-refractivity contribution >= 4 is 28.6 Å². The van der Waals surface area contributed by atoms with Crippen molar-refractivity contribution in [3.8, 4) is 0 Å². The summed E-state index contributed by atoms with van der Waals surface area (Å²) in [5, 5.41) is 13.0. The molecule has 0 radical (unpaired) electrons. The highest BCUT2D eigenvalue weighted by atomic mass is 19.3. The van der Waals surface area contributed by atoms with E-state index >= 15 is 0 Å². The Labute approximate surface area is 173 Å². The van der Waals surface area contributed by atoms with E-state index < -0.39 is 25.0 Å². The van der Waals surface area contributed by atoms with E-state index in [9.17, 15) is 18.4 Å². The number of rotatable bonds is 7. The van der Waals surface area contributed by atoms with Gasteiger partial charge in [0.15, 0.2) is 5.82 Å². The lowest BCUT2D eigenvalue weighted by molar-refractivity contribution is -0.116. The van der Waals surface area contributed by atoms with Crippen LogP contribution in [0.4, 0.5) is 14.5 Å². The Kier molecular flexibility index (Phi) is 5.60. The smallest absolute Gasteiger partial charge is 0.340 e. The summed E-state index contributed by atoms with van der Waals surface area (Å²) in [6, 6.07) is 12.6. The van der Waals surface area contributed by atoms with Crippen LogP contribution in [0.15, 0.2) is 54.9 Å². The van der Waals surface area contributed by atoms with Crippen LogP contribution in [0.25, 0.3) is 11.0 Å². The zero-order chi connectivity index (χ0) is 21.8. The van der Waals surface area contributed by atoms with Gasteiger partial charge in [0, 0.05) is 0 Å². The van der Waals surface area contributed by atoms with Gasteiger partial charge in [-0.25, -0.2) is 14.5 Å². The van der Waals surface area contributed by atoms with Crippen molar-refractivity contribution in [2.75, 3.05) is 5.32 Å². The normalized spacial score (nSPS) is 11.1. The molecule has 12 heteroatoms. The molecule has 2 heterocycles. The number of fused-ring (bicyclic) bond motifs is 1. The number of anilines is 1. The first-order chi connectivity index (χ1) is 15.0. The number of hydrogen-bond acceptors (Lipinski definition) is 7. The molecule has 1 amide bonds. The lowest BCUT2D eigenvalue weighted by atomic mass is 10.2. The number of para-hydroxylation sites is 3. The first-order valence-electron chi connectivity index (χ1n) is 9.03. The van der Waals surface area contributed by atoms with Gasteiger partial charge in [0.2, 0.25) is 5.91 Å². The standard InChI is InChI=1S/C19H15F2N7O3/c20-19(21)28-15-8-4-3-7-14(15)23-16(28)10-31-18(30)12-5-1-2-6-13(12)24-17(29)9-27-11-22-25-26-27/h1-8,11,19H,9-10H2,(H,24,29). The monoisotopic (exact) mass is 427 g/mol. The van der Waals surface area contributed by atoms with E-state index in [4.69, 9.17) is 4.74 Å². The van der Waals surface area contributed by atoms with E-state index in [0.717, 1.165) is 0 Å². The first kappa shape index (κ1) is 20.1. The molecule has 10 nitrogen and oxygen atoms in total. The van der Waals surface area contributed by atoms with E-state index in [1.54, 1.807) is 30.3 Å². The molecule has 2 aromatic heterocycles. The van der Waals surface area contributed by atoms with E-state index in [1.165, 1.54) is 29.2 Å². The van der Waals surface area contributed by atoms with Crippen molar-refractivity contribution in [2.45, 2.75) is 19.7 Å². The number of esters is 1. The number of hydrogen-bond donors (Lipinski definition) is 1. The number of halogens is 2. The molecule has 31 heavy (non-hydrogen) atoms. The fraction of sp³-hybridized carbons (Fsp3) is 0.158. The Bertz CT molecular complexity index is 1220. The number of aromatic nitrogens is 6. The summed E-state index contributed by atoms with van der Waals surface area (Å²) < 4.78 is 34.2. The molecule has 0 saturated carbocycles. The molecule has 0 aliphatic carbocycles. The summed E-state index contributed by atoms with van der Waals surface area (Å²) in [6.07, 6.45) is 1.27. The van der Waals surface area contributed by atoms with Crippen molar-refractivity contribution in [1.82, 2.24) is 29.8 Å². The van der Waals surface area contributed by atoms with Gasteiger partial charge in [-0.15, -0.1) is 5.10 Å². The highest BCUT2D eigenvalue weighted by Crippen LogP contribution is 2.24. The summed E-state index contributed by atoms with van der Waals surface area (Å²) in [5.41, 5.74) is 0.864. The van der Waals surface area contributed by atoms with Crippen LogP contribution >= 0.6 is 0 Å². The number of tetrazole rings is 1. The zero-order valence-electron chi connectivity index (χ0n) is 15.9. The average molecular weight is 427 g/mol. The van der Waals surface area contributed by atoms with Gasteiger partial charge in [0.25, 0.3) is 0 Å². The van der Waals surface area contributed by atoms with Crippen LogP contribution < -0.4 is 5.32 Å². The highest BCUT2D eigenvalue weighted by Gasteiger charge is 2.20. The van der Waals surface area contributed by atoms with Gasteiger partial charge in [-0.05, 0) is 34.7 Å². The van der Waals surface area contributed by atoms with Gasteiger partial charge in [-0.3, -0.25) is 9.36 Å². The van der Waals surface area contributed by atoms with Crippen molar-refractivity contribution in [1.29, 1.82) is 0 Å². The fourth-order valence-electron chi connectivity index (χ4n) is 2.98. The van der Waals surface area contributed by atoms with Crippen LogP contribution in [-0.4, -0.2) is 41.6 Å². The molecule has 0 bridgehead atoms. The minimum absolute atomic E-state index is 0.0623. The predicted molar refractivity (Wildman–Crippen MR) is 103 cm³/mol. The molecular weight excluding hydrogens is 412 g/mol. The van der Waals surface area contributed by atoms with Gasteiger partial charge >= 0.3 is 12.5 Å². The highest BCUT2D eigenvalue weighted by molar-refractivity contribution is 6.01. The molecular formula is C19H15F2N7O3. The van der Waals surface area contributed by atoms with Crippen LogP contribution in [-0.2, 0) is 22.7 Å². The van der Waals surface area contributed by atoms with Crippen molar-refractivity contribution in [2.24, 2.45) is 0 Å². The number of ether oxygens (including phenoxy) is 1. The summed E-state index contributed by atoms with van der Waals surface area (Å²) in [5.74, 6) is -1.36. The topological polar surface area (TPSA) is 117 Å². The minimum Gasteiger partial charge on any atom is -0.454 e. The molecule has 4 rings (SSSR count). The third-order valence-electron chi connectivity index (χ3n) is 4.31. The number of benzene rings is 2. The average Bonchev–Trinajstić information content (AvgIpc) is 3.39. The number of nitrogens with one attached hydrogen (secondary N) is 1. The summed E-state index contributed by atoms with van der Waals surface area (Å²) in [6.45, 7) is -3.47. The SMILES string of the molecule is O=C(Cn1cnnn1)Nc1ccccc1C(=O)OCc1nc2ccccc2n1C(F)F. The second-order valence-electron chi connectivity index (χ2n) is 6.34. The Hall–Kier alpha value is -4.22. The van der Waals surface area contributed by atoms with Gasteiger partial charge in [0.1, 0.15) is 19.5 Å². The molecule has 158 valence electrons. The first-order valence-corrected chi connectivity index (χ1v) is 9.03. The van der Waals surface area contributed by atoms with Crippen LogP contribution in [0, 0.1) is 0 Å². The number of carbonyl (C=O) groups is 2. The Morgan fingerprint density at radius 3 is 2.65 bits per heavy atom. The number of nitrogens with zero attached hydrogens (tertiary/aromatic N) is 6. The molecule has 0 aliphatic heterocycles. The molecule has 2 aromatic carbocycles. The second kappa shape index (κ2) is 8.65. The molecule has 1 N–H and O–H groups in total. The summed E-state index contributed by atoms with van der Waals surface area (Å²) in [4.78, 5) is 28.9. The van der Waals surface area contributed by atoms with E-state index in [0.29, 0.717) is 10.1 Å². The van der Waals surface area contributed by atoms with Gasteiger partial charge in [-0.1, -0.05) is 24.3 Å². The van der Waals surface area contributed by atoms with Crippen LogP contribution in [0.3, 0.4) is 0 Å². The maximum atomic E-state index is 13.5. The Morgan fingerprint density at radius 1 is 1.10 bits per heavy atom. The van der Waals surface area contributed by atoms with Gasteiger partial charge < -0.3 is 10.1 Å². The van der Waals surface area contributed by atoms with E-state index in [1.807, 2.05) is 0 Å². The number of imidazole rings is 1. The summed E-state index contributed by atoms with van der Waals surface area (Å²) in [7, 11) is 0. The van der Waals surface area contributed by atoms with E-state index in [-0.39, 0.29) is 29.1 Å². The van der Waals surface area contributed by atoms with Crippen LogP contribution in [0.2, 0.25) is 0 Å². The lowest BCUT2D eigenvalue weighted by Gasteiger charge is -2.11. The molecule has 0 fully saturated rings. The van der Waals surface area contributed by atoms with Crippen molar-refractivity contribution in [3.63, 3.8) is 0 Å². The molecule has 0 aliphatic rings. The zero-order valence-corrected chi connectivity index (χ0v) is 15.9. The van der Waals surface area contributed by atoms with E-state index in [2.05, 4.69) is 25.8 Å². The van der Waals surface area contributed by atoms with Gasteiger partial charge in [0.05, 0.1) is 22.3 Å². The number of alkyl halides is 2. The van der Waals surface area contributed by atoms with Crippen LogP contribution in [0.1, 0.15) is 22.7 Å². The minimum atomic E-state index is -2.85. The Balaban J connectivity index is 1.49. The maximum absolute atomic E-state index is 13.5. The maximum Gasteiger partial charge on any atom is 0.340 e. The molecule has 0 unspecified atom stereocenters. The quantitative estimate of drug-likeness (QED) is 0.450. The van der Waals surface area contributed by atoms with Gasteiger partial charge in [-0.2, -0.15) is 8.78 Å². The Morgan fingerprint density at radius 2 is 1.87 bits per heavy atom. The largest absolute Gasteiger partial charge is 0.454 e. The van der Waals surface area contributed by atoms with Crippen LogP contribution in [0.5, 0.6) is 0 Å². The lowest BCUT2D eigenvalue weighted by Crippen LogP contribution is -2.21. The van der Waals surface area contributed by atoms with Crippen molar-refractivity contribution in [3.05, 3.63) is 66.2 Å². The molecule has 0 atom stereocenters. The number of amides is 1. The molecule has 4 aromatic rings. The molecule has 0 spiro atoms. The third-order valence-corrected chi connectivity index (χ3v) is 4.31. The fourth-order valence-corrected chi connectivity index (χ4v) is 2.98.